The van der Waals surface area contributed by atoms with Gasteiger partial charge in [-0.25, -0.2) is 8.42 Å². The molecule has 1 N–H and O–H groups in total. The van der Waals surface area contributed by atoms with Crippen LogP contribution in [-0.2, 0) is 19.4 Å². The molecule has 23 heavy (non-hydrogen) atoms. The van der Waals surface area contributed by atoms with Crippen LogP contribution in [0.3, 0.4) is 0 Å². The summed E-state index contributed by atoms with van der Waals surface area (Å²) in [5.74, 6) is -0.248. The second kappa shape index (κ2) is 7.30. The van der Waals surface area contributed by atoms with Gasteiger partial charge in [0.05, 0.1) is 5.69 Å². The molecule has 0 aliphatic rings. The van der Waals surface area contributed by atoms with Gasteiger partial charge >= 0.3 is 0 Å². The number of sulfone groups is 1. The lowest BCUT2D eigenvalue weighted by atomic mass is 10.1. The largest absolute Gasteiger partial charge is 0.372 e. The molecule has 0 aliphatic heterocycles. The first-order valence-electron chi connectivity index (χ1n) is 6.92. The molecule has 8 heteroatoms. The molecule has 0 unspecified atom stereocenters. The smallest absolute Gasteiger partial charge is 0.250 e. The van der Waals surface area contributed by atoms with Crippen LogP contribution in [0.2, 0.25) is 0 Å². The van der Waals surface area contributed by atoms with E-state index in [-0.39, 0.29) is 17.5 Å². The topological polar surface area (TPSA) is 98.2 Å². The van der Waals surface area contributed by atoms with Gasteiger partial charge in [0, 0.05) is 24.1 Å². The van der Waals surface area contributed by atoms with Gasteiger partial charge < -0.3 is 10.1 Å². The highest BCUT2D eigenvalue weighted by Gasteiger charge is 2.10. The first-order valence-corrected chi connectivity index (χ1v) is 8.81. The van der Waals surface area contributed by atoms with Crippen LogP contribution in [0.1, 0.15) is 6.92 Å². The normalized spacial score (nSPS) is 11.2. The zero-order valence-electron chi connectivity index (χ0n) is 12.8. The van der Waals surface area contributed by atoms with Crippen molar-refractivity contribution in [2.45, 2.75) is 11.9 Å². The Bertz CT molecular complexity index is 789. The van der Waals surface area contributed by atoms with Crippen LogP contribution >= 0.6 is 0 Å². The number of aromatic nitrogens is 2. The maximum Gasteiger partial charge on any atom is 0.250 e. The molecule has 1 aromatic carbocycles. The van der Waals surface area contributed by atoms with E-state index in [0.29, 0.717) is 23.6 Å². The van der Waals surface area contributed by atoms with E-state index in [9.17, 15) is 13.2 Å². The number of ether oxygens (including phenoxy) is 1. The van der Waals surface area contributed by atoms with Crippen molar-refractivity contribution >= 4 is 21.4 Å². The van der Waals surface area contributed by atoms with E-state index in [1.54, 1.807) is 30.3 Å². The second-order valence-electron chi connectivity index (χ2n) is 4.80. The fourth-order valence-corrected chi connectivity index (χ4v) is 2.32. The lowest BCUT2D eigenvalue weighted by molar-refractivity contribution is -0.120. The zero-order valence-corrected chi connectivity index (χ0v) is 13.6. The number of nitrogens with one attached hydrogen (secondary N) is 1. The molecule has 0 spiro atoms. The Morgan fingerprint density at radius 2 is 2.00 bits per heavy atom. The Labute approximate surface area is 134 Å². The van der Waals surface area contributed by atoms with Crippen molar-refractivity contribution < 1.29 is 17.9 Å². The summed E-state index contributed by atoms with van der Waals surface area (Å²) in [6.45, 7) is 2.27. The molecular formula is C15H17N3O4S. The van der Waals surface area contributed by atoms with E-state index in [1.807, 2.05) is 6.92 Å². The molecule has 0 fully saturated rings. The van der Waals surface area contributed by atoms with Gasteiger partial charge in [0.25, 0.3) is 0 Å². The summed E-state index contributed by atoms with van der Waals surface area (Å²) in [6.07, 6.45) is 1.07. The van der Waals surface area contributed by atoms with Crippen molar-refractivity contribution in [3.8, 4) is 11.3 Å². The predicted octanol–water partition coefficient (Wildman–Crippen LogP) is 1.52. The van der Waals surface area contributed by atoms with E-state index in [1.165, 1.54) is 6.07 Å². The minimum atomic E-state index is -3.38. The Kier molecular flexibility index (Phi) is 5.41. The standard InChI is InChI=1S/C15H17N3O4S/c1-3-22-10-14(19)16-12-6-4-5-11(9-12)13-7-8-15(18-17-13)23(2,20)21/h4-9H,3,10H2,1-2H3,(H,16,19). The van der Waals surface area contributed by atoms with Crippen molar-refractivity contribution in [3.05, 3.63) is 36.4 Å². The summed E-state index contributed by atoms with van der Waals surface area (Å²) < 4.78 is 27.8. The van der Waals surface area contributed by atoms with Gasteiger partial charge in [-0.05, 0) is 31.2 Å². The second-order valence-corrected chi connectivity index (χ2v) is 6.76. The van der Waals surface area contributed by atoms with Crippen molar-refractivity contribution in [2.75, 3.05) is 24.8 Å². The fourth-order valence-electron chi connectivity index (χ4n) is 1.82. The number of rotatable bonds is 6. The van der Waals surface area contributed by atoms with Gasteiger partial charge in [-0.1, -0.05) is 12.1 Å². The number of amides is 1. The maximum absolute atomic E-state index is 11.6. The van der Waals surface area contributed by atoms with Crippen molar-refractivity contribution in [1.82, 2.24) is 10.2 Å². The van der Waals surface area contributed by atoms with Crippen LogP contribution in [0.15, 0.2) is 41.4 Å². The third kappa shape index (κ3) is 4.83. The number of hydrogen-bond acceptors (Lipinski definition) is 6. The summed E-state index contributed by atoms with van der Waals surface area (Å²) >= 11 is 0. The number of carbonyl (C=O) groups is 1. The van der Waals surface area contributed by atoms with Gasteiger partial charge in [0.15, 0.2) is 14.9 Å². The molecular weight excluding hydrogens is 318 g/mol. The Balaban J connectivity index is 2.18. The number of hydrogen-bond donors (Lipinski definition) is 1. The van der Waals surface area contributed by atoms with E-state index in [4.69, 9.17) is 4.74 Å². The molecule has 0 saturated carbocycles. The quantitative estimate of drug-likeness (QED) is 0.859. The van der Waals surface area contributed by atoms with Crippen LogP contribution in [0, 0.1) is 0 Å². The van der Waals surface area contributed by atoms with E-state index in [0.717, 1.165) is 6.26 Å². The maximum atomic E-state index is 11.6. The summed E-state index contributed by atoms with van der Waals surface area (Å²) in [6, 6.07) is 10.0. The minimum Gasteiger partial charge on any atom is -0.372 e. The van der Waals surface area contributed by atoms with E-state index >= 15 is 0 Å². The first kappa shape index (κ1) is 17.0. The van der Waals surface area contributed by atoms with Gasteiger partial charge in [0.1, 0.15) is 6.61 Å². The summed E-state index contributed by atoms with van der Waals surface area (Å²) in [5.41, 5.74) is 1.83. The average Bonchev–Trinajstić information content (AvgIpc) is 2.52. The summed E-state index contributed by atoms with van der Waals surface area (Å²) in [4.78, 5) is 11.6. The molecule has 0 bridgehead atoms. The Morgan fingerprint density at radius 1 is 1.22 bits per heavy atom. The highest BCUT2D eigenvalue weighted by molar-refractivity contribution is 7.90. The van der Waals surface area contributed by atoms with Crippen LogP contribution in [-0.4, -0.2) is 44.0 Å². The molecule has 1 amide bonds. The molecule has 2 aromatic rings. The zero-order chi connectivity index (χ0) is 16.9. The summed E-state index contributed by atoms with van der Waals surface area (Å²) in [7, 11) is -3.38. The van der Waals surface area contributed by atoms with Gasteiger partial charge in [-0.15, -0.1) is 10.2 Å². The molecule has 0 saturated heterocycles. The minimum absolute atomic E-state index is 0.0103. The monoisotopic (exact) mass is 335 g/mol. The molecule has 1 aromatic heterocycles. The average molecular weight is 335 g/mol. The lowest BCUT2D eigenvalue weighted by Gasteiger charge is -2.07. The van der Waals surface area contributed by atoms with Crippen molar-refractivity contribution in [3.63, 3.8) is 0 Å². The van der Waals surface area contributed by atoms with Crippen LogP contribution in [0.4, 0.5) is 5.69 Å². The van der Waals surface area contributed by atoms with Crippen LogP contribution in [0.5, 0.6) is 0 Å². The molecule has 0 radical (unpaired) electrons. The van der Waals surface area contributed by atoms with Gasteiger partial charge in [-0.3, -0.25) is 4.79 Å². The third-order valence-electron chi connectivity index (χ3n) is 2.90. The van der Waals surface area contributed by atoms with Crippen LogP contribution in [0.25, 0.3) is 11.3 Å². The predicted molar refractivity (Wildman–Crippen MR) is 85.7 cm³/mol. The van der Waals surface area contributed by atoms with Crippen molar-refractivity contribution in [2.24, 2.45) is 0 Å². The molecule has 1 heterocycles. The third-order valence-corrected chi connectivity index (χ3v) is 3.88. The number of carbonyl (C=O) groups excluding carboxylic acids is 1. The van der Waals surface area contributed by atoms with Crippen molar-refractivity contribution in [1.29, 1.82) is 0 Å². The molecule has 122 valence electrons. The number of anilines is 1. The van der Waals surface area contributed by atoms with Gasteiger partial charge in [0.2, 0.25) is 5.91 Å². The van der Waals surface area contributed by atoms with E-state index < -0.39 is 9.84 Å². The molecule has 0 aliphatic carbocycles. The molecule has 2 rings (SSSR count). The number of nitrogens with zero attached hydrogens (tertiary/aromatic N) is 2. The SMILES string of the molecule is CCOCC(=O)Nc1cccc(-c2ccc(S(C)(=O)=O)nn2)c1. The van der Waals surface area contributed by atoms with E-state index in [2.05, 4.69) is 15.5 Å². The molecule has 7 nitrogen and oxygen atoms in total. The highest BCUT2D eigenvalue weighted by Crippen LogP contribution is 2.21. The lowest BCUT2D eigenvalue weighted by Crippen LogP contribution is -2.18. The van der Waals surface area contributed by atoms with Crippen LogP contribution < -0.4 is 5.32 Å². The highest BCUT2D eigenvalue weighted by atomic mass is 32.2. The molecule has 0 atom stereocenters. The fraction of sp³-hybridized carbons (Fsp3) is 0.267. The number of benzene rings is 1. The Hall–Kier alpha value is -2.32. The summed E-state index contributed by atoms with van der Waals surface area (Å²) in [5, 5.41) is 10.3. The van der Waals surface area contributed by atoms with Gasteiger partial charge in [-0.2, -0.15) is 0 Å². The Morgan fingerprint density at radius 3 is 2.61 bits per heavy atom. The first-order chi connectivity index (χ1) is 10.9.